The van der Waals surface area contributed by atoms with Crippen molar-refractivity contribution in [2.75, 3.05) is 18.5 Å². The van der Waals surface area contributed by atoms with Crippen LogP contribution < -0.4 is 14.8 Å². The average molecular weight is 308 g/mol. The highest BCUT2D eigenvalue weighted by Gasteiger charge is 2.14. The van der Waals surface area contributed by atoms with Crippen LogP contribution in [-0.4, -0.2) is 13.2 Å². The first-order valence-electron chi connectivity index (χ1n) is 6.80. The molecule has 2 aromatic carbocycles. The van der Waals surface area contributed by atoms with Crippen LogP contribution in [-0.2, 0) is 6.54 Å². The Balaban J connectivity index is 1.77. The Morgan fingerprint density at radius 3 is 2.86 bits per heavy atom. The fraction of sp³-hybridized carbons (Fsp3) is 0.250. The monoisotopic (exact) mass is 307 g/mol. The van der Waals surface area contributed by atoms with Crippen LogP contribution in [0.1, 0.15) is 12.0 Å². The van der Waals surface area contributed by atoms with Crippen molar-refractivity contribution < 1.29 is 13.9 Å². The minimum absolute atomic E-state index is 0.103. The molecule has 0 saturated heterocycles. The highest BCUT2D eigenvalue weighted by molar-refractivity contribution is 6.31. The molecule has 0 amide bonds. The molecule has 1 N–H and O–H groups in total. The van der Waals surface area contributed by atoms with E-state index in [2.05, 4.69) is 5.32 Å². The maximum Gasteiger partial charge on any atom is 0.166 e. The predicted octanol–water partition coefficient (Wildman–Crippen LogP) is 4.25. The van der Waals surface area contributed by atoms with E-state index in [0.29, 0.717) is 19.8 Å². The maximum atomic E-state index is 13.1. The third-order valence-corrected chi connectivity index (χ3v) is 3.55. The number of anilines is 1. The molecule has 0 atom stereocenters. The number of hydrogen-bond donors (Lipinski definition) is 1. The Hall–Kier alpha value is -1.94. The number of rotatable bonds is 3. The molecule has 110 valence electrons. The Labute approximate surface area is 127 Å². The zero-order chi connectivity index (χ0) is 14.7. The summed E-state index contributed by atoms with van der Waals surface area (Å²) in [5.74, 6) is 1.12. The SMILES string of the molecule is Fc1ccc(NCc2cccc3c2OCCCO3)cc1Cl. The van der Waals surface area contributed by atoms with Crippen molar-refractivity contribution in [3.05, 3.63) is 52.8 Å². The minimum Gasteiger partial charge on any atom is -0.490 e. The van der Waals surface area contributed by atoms with Gasteiger partial charge >= 0.3 is 0 Å². The molecule has 0 aromatic heterocycles. The zero-order valence-electron chi connectivity index (χ0n) is 11.4. The number of hydrogen-bond acceptors (Lipinski definition) is 3. The highest BCUT2D eigenvalue weighted by atomic mass is 35.5. The first-order chi connectivity index (χ1) is 10.2. The molecule has 2 aromatic rings. The predicted molar refractivity (Wildman–Crippen MR) is 80.8 cm³/mol. The Bertz CT molecular complexity index is 648. The standard InChI is InChI=1S/C16H15ClFNO2/c17-13-9-12(5-6-14(13)18)19-10-11-3-1-4-15-16(11)21-8-2-7-20-15/h1,3-6,9,19H,2,7-8,10H2. The first kappa shape index (κ1) is 14.0. The molecule has 0 saturated carbocycles. The normalized spacial score (nSPS) is 13.6. The van der Waals surface area contributed by atoms with E-state index in [1.807, 2.05) is 18.2 Å². The summed E-state index contributed by atoms with van der Waals surface area (Å²) in [6.07, 6.45) is 0.870. The summed E-state index contributed by atoms with van der Waals surface area (Å²) >= 11 is 5.77. The van der Waals surface area contributed by atoms with Crippen LogP contribution in [0.4, 0.5) is 10.1 Å². The Morgan fingerprint density at radius 2 is 2.00 bits per heavy atom. The van der Waals surface area contributed by atoms with Gasteiger partial charge in [0, 0.05) is 24.2 Å². The van der Waals surface area contributed by atoms with Gasteiger partial charge in [-0.25, -0.2) is 4.39 Å². The van der Waals surface area contributed by atoms with Crippen LogP contribution in [0.15, 0.2) is 36.4 Å². The van der Waals surface area contributed by atoms with Crippen LogP contribution in [0, 0.1) is 5.82 Å². The first-order valence-corrected chi connectivity index (χ1v) is 7.18. The number of ether oxygens (including phenoxy) is 2. The minimum atomic E-state index is -0.424. The molecule has 0 unspecified atom stereocenters. The molecule has 0 fully saturated rings. The van der Waals surface area contributed by atoms with E-state index in [0.717, 1.165) is 29.2 Å². The summed E-state index contributed by atoms with van der Waals surface area (Å²) in [5.41, 5.74) is 1.75. The van der Waals surface area contributed by atoms with Gasteiger partial charge in [-0.1, -0.05) is 23.7 Å². The van der Waals surface area contributed by atoms with Gasteiger partial charge in [-0.2, -0.15) is 0 Å². The molecule has 1 heterocycles. The molecular formula is C16H15ClFNO2. The fourth-order valence-electron chi connectivity index (χ4n) is 2.20. The van der Waals surface area contributed by atoms with E-state index >= 15 is 0 Å². The van der Waals surface area contributed by atoms with E-state index in [1.165, 1.54) is 6.07 Å². The number of benzene rings is 2. The fourth-order valence-corrected chi connectivity index (χ4v) is 2.38. The zero-order valence-corrected chi connectivity index (χ0v) is 12.1. The van der Waals surface area contributed by atoms with Gasteiger partial charge in [0.15, 0.2) is 11.5 Å². The van der Waals surface area contributed by atoms with Gasteiger partial charge in [-0.15, -0.1) is 0 Å². The van der Waals surface area contributed by atoms with Crippen molar-refractivity contribution in [1.82, 2.24) is 0 Å². The molecule has 21 heavy (non-hydrogen) atoms. The third kappa shape index (κ3) is 3.22. The summed E-state index contributed by atoms with van der Waals surface area (Å²) in [6, 6.07) is 10.4. The lowest BCUT2D eigenvalue weighted by atomic mass is 10.1. The third-order valence-electron chi connectivity index (χ3n) is 3.26. The van der Waals surface area contributed by atoms with Crippen molar-refractivity contribution in [1.29, 1.82) is 0 Å². The molecule has 1 aliphatic heterocycles. The second-order valence-electron chi connectivity index (χ2n) is 4.78. The van der Waals surface area contributed by atoms with Crippen molar-refractivity contribution in [2.24, 2.45) is 0 Å². The van der Waals surface area contributed by atoms with Crippen molar-refractivity contribution in [3.63, 3.8) is 0 Å². The number of fused-ring (bicyclic) bond motifs is 1. The van der Waals surface area contributed by atoms with E-state index in [4.69, 9.17) is 21.1 Å². The summed E-state index contributed by atoms with van der Waals surface area (Å²) in [6.45, 7) is 1.86. The lowest BCUT2D eigenvalue weighted by Crippen LogP contribution is -2.03. The van der Waals surface area contributed by atoms with Crippen LogP contribution in [0.5, 0.6) is 11.5 Å². The van der Waals surface area contributed by atoms with Gasteiger partial charge < -0.3 is 14.8 Å². The quantitative estimate of drug-likeness (QED) is 0.919. The van der Waals surface area contributed by atoms with Crippen LogP contribution in [0.3, 0.4) is 0 Å². The summed E-state index contributed by atoms with van der Waals surface area (Å²) in [5, 5.41) is 3.32. The smallest absolute Gasteiger partial charge is 0.166 e. The summed E-state index contributed by atoms with van der Waals surface area (Å²) < 4.78 is 24.5. The van der Waals surface area contributed by atoms with Crippen LogP contribution in [0.25, 0.3) is 0 Å². The van der Waals surface area contributed by atoms with Gasteiger partial charge in [0.1, 0.15) is 5.82 Å². The molecule has 5 heteroatoms. The van der Waals surface area contributed by atoms with E-state index in [-0.39, 0.29) is 5.02 Å². The van der Waals surface area contributed by atoms with Crippen molar-refractivity contribution >= 4 is 17.3 Å². The van der Waals surface area contributed by atoms with E-state index < -0.39 is 5.82 Å². The van der Waals surface area contributed by atoms with Gasteiger partial charge in [0.2, 0.25) is 0 Å². The maximum absolute atomic E-state index is 13.1. The highest BCUT2D eigenvalue weighted by Crippen LogP contribution is 2.33. The van der Waals surface area contributed by atoms with Crippen LogP contribution >= 0.6 is 11.6 Å². The molecule has 0 spiro atoms. The molecule has 1 aliphatic rings. The lowest BCUT2D eigenvalue weighted by molar-refractivity contribution is 0.296. The number of para-hydroxylation sites is 1. The summed E-state index contributed by atoms with van der Waals surface area (Å²) in [7, 11) is 0. The molecule has 0 aliphatic carbocycles. The van der Waals surface area contributed by atoms with Gasteiger partial charge in [-0.3, -0.25) is 0 Å². The number of halogens is 2. The number of nitrogens with one attached hydrogen (secondary N) is 1. The van der Waals surface area contributed by atoms with Gasteiger partial charge in [0.25, 0.3) is 0 Å². The topological polar surface area (TPSA) is 30.5 Å². The average Bonchev–Trinajstić information content (AvgIpc) is 2.74. The second-order valence-corrected chi connectivity index (χ2v) is 5.18. The van der Waals surface area contributed by atoms with Gasteiger partial charge in [-0.05, 0) is 24.3 Å². The van der Waals surface area contributed by atoms with Gasteiger partial charge in [0.05, 0.1) is 18.2 Å². The second kappa shape index (κ2) is 6.22. The van der Waals surface area contributed by atoms with Crippen molar-refractivity contribution in [2.45, 2.75) is 13.0 Å². The summed E-state index contributed by atoms with van der Waals surface area (Å²) in [4.78, 5) is 0. The van der Waals surface area contributed by atoms with E-state index in [1.54, 1.807) is 12.1 Å². The molecule has 0 radical (unpaired) electrons. The largest absolute Gasteiger partial charge is 0.490 e. The molecular weight excluding hydrogens is 293 g/mol. The van der Waals surface area contributed by atoms with Crippen molar-refractivity contribution in [3.8, 4) is 11.5 Å². The van der Waals surface area contributed by atoms with Crippen LogP contribution in [0.2, 0.25) is 5.02 Å². The molecule has 3 nitrogen and oxygen atoms in total. The van der Waals surface area contributed by atoms with E-state index in [9.17, 15) is 4.39 Å². The molecule has 0 bridgehead atoms. The Morgan fingerprint density at radius 1 is 1.14 bits per heavy atom. The Kier molecular flexibility index (Phi) is 4.15. The molecule has 3 rings (SSSR count). The lowest BCUT2D eigenvalue weighted by Gasteiger charge is -2.13.